The van der Waals surface area contributed by atoms with Gasteiger partial charge in [0.1, 0.15) is 0 Å². The van der Waals surface area contributed by atoms with Gasteiger partial charge in [-0.25, -0.2) is 0 Å². The van der Waals surface area contributed by atoms with E-state index in [-0.39, 0.29) is 6.10 Å². The maximum atomic E-state index is 9.56. The van der Waals surface area contributed by atoms with Gasteiger partial charge in [-0.05, 0) is 50.7 Å². The van der Waals surface area contributed by atoms with Crippen LogP contribution in [0.2, 0.25) is 0 Å². The Bertz CT molecular complexity index is 143. The monoisotopic (exact) mass is 217 g/mol. The first kappa shape index (κ1) is 12.3. The van der Waals surface area contributed by atoms with Crippen LogP contribution < -0.4 is 5.32 Å². The Labute approximate surface area is 91.9 Å². The third-order valence-electron chi connectivity index (χ3n) is 2.91. The van der Waals surface area contributed by atoms with Crippen molar-refractivity contribution in [1.82, 2.24) is 5.32 Å². The van der Waals surface area contributed by atoms with E-state index in [4.69, 9.17) is 0 Å². The Morgan fingerprint density at radius 2 is 2.14 bits per heavy atom. The molecule has 0 aromatic rings. The van der Waals surface area contributed by atoms with Crippen LogP contribution in [-0.4, -0.2) is 35.8 Å². The molecule has 1 fully saturated rings. The summed E-state index contributed by atoms with van der Waals surface area (Å²) in [6.07, 6.45) is 9.31. The Morgan fingerprint density at radius 1 is 1.29 bits per heavy atom. The number of thioether (sulfide) groups is 1. The zero-order valence-electron chi connectivity index (χ0n) is 9.17. The van der Waals surface area contributed by atoms with Crippen molar-refractivity contribution in [1.29, 1.82) is 0 Å². The maximum absolute atomic E-state index is 9.56. The molecule has 0 aromatic heterocycles. The van der Waals surface area contributed by atoms with E-state index in [9.17, 15) is 5.11 Å². The molecule has 84 valence electrons. The summed E-state index contributed by atoms with van der Waals surface area (Å²) in [5.74, 6) is 1.28. The van der Waals surface area contributed by atoms with Gasteiger partial charge in [0.2, 0.25) is 0 Å². The van der Waals surface area contributed by atoms with E-state index in [1.165, 1.54) is 31.4 Å². The zero-order chi connectivity index (χ0) is 10.2. The Hall–Kier alpha value is 0.270. The Balaban J connectivity index is 1.88. The van der Waals surface area contributed by atoms with E-state index in [0.29, 0.717) is 6.04 Å². The van der Waals surface area contributed by atoms with Gasteiger partial charge in [-0.2, -0.15) is 11.8 Å². The van der Waals surface area contributed by atoms with Crippen LogP contribution in [0.4, 0.5) is 0 Å². The van der Waals surface area contributed by atoms with E-state index in [1.807, 2.05) is 11.8 Å². The molecule has 1 aliphatic carbocycles. The molecule has 0 spiro atoms. The first-order valence-electron chi connectivity index (χ1n) is 5.75. The summed E-state index contributed by atoms with van der Waals surface area (Å²) in [7, 11) is 0. The molecule has 14 heavy (non-hydrogen) atoms. The third kappa shape index (κ3) is 4.67. The molecule has 1 rings (SSSR count). The van der Waals surface area contributed by atoms with Crippen molar-refractivity contribution in [3.05, 3.63) is 0 Å². The lowest BCUT2D eigenvalue weighted by Gasteiger charge is -2.15. The van der Waals surface area contributed by atoms with Gasteiger partial charge in [0, 0.05) is 6.04 Å². The summed E-state index contributed by atoms with van der Waals surface area (Å²) in [5.41, 5.74) is 0. The van der Waals surface area contributed by atoms with E-state index in [2.05, 4.69) is 11.6 Å². The lowest BCUT2D eigenvalue weighted by molar-refractivity contribution is 0.149. The molecule has 0 aromatic carbocycles. The number of aliphatic hydroxyl groups is 1. The van der Waals surface area contributed by atoms with Crippen molar-refractivity contribution >= 4 is 11.8 Å². The smallest absolute Gasteiger partial charge is 0.0693 e. The van der Waals surface area contributed by atoms with Gasteiger partial charge in [0.25, 0.3) is 0 Å². The van der Waals surface area contributed by atoms with E-state index >= 15 is 0 Å². The number of nitrogens with one attached hydrogen (secondary N) is 1. The molecule has 1 saturated carbocycles. The van der Waals surface area contributed by atoms with E-state index < -0.39 is 0 Å². The van der Waals surface area contributed by atoms with Crippen LogP contribution in [0, 0.1) is 0 Å². The largest absolute Gasteiger partial charge is 0.392 e. The minimum absolute atomic E-state index is 0.0822. The van der Waals surface area contributed by atoms with Crippen LogP contribution in [0.5, 0.6) is 0 Å². The molecule has 0 radical (unpaired) electrons. The van der Waals surface area contributed by atoms with E-state index in [0.717, 1.165) is 19.4 Å². The van der Waals surface area contributed by atoms with Gasteiger partial charge in [0.05, 0.1) is 6.10 Å². The molecule has 2 atom stereocenters. The van der Waals surface area contributed by atoms with Crippen molar-refractivity contribution in [2.45, 2.75) is 50.7 Å². The molecule has 0 heterocycles. The number of hydrogen-bond donors (Lipinski definition) is 2. The molecule has 0 amide bonds. The average Bonchev–Trinajstić information content (AvgIpc) is 2.58. The summed E-state index contributed by atoms with van der Waals surface area (Å²) in [6.45, 7) is 1.08. The average molecular weight is 217 g/mol. The summed E-state index contributed by atoms with van der Waals surface area (Å²) < 4.78 is 0. The van der Waals surface area contributed by atoms with Crippen molar-refractivity contribution < 1.29 is 5.11 Å². The van der Waals surface area contributed by atoms with Crippen LogP contribution >= 0.6 is 11.8 Å². The van der Waals surface area contributed by atoms with Crippen LogP contribution in [-0.2, 0) is 0 Å². The predicted molar refractivity (Wildman–Crippen MR) is 63.9 cm³/mol. The van der Waals surface area contributed by atoms with Gasteiger partial charge < -0.3 is 10.4 Å². The highest BCUT2D eigenvalue weighted by Gasteiger charge is 2.23. The van der Waals surface area contributed by atoms with Crippen molar-refractivity contribution in [3.8, 4) is 0 Å². The number of aliphatic hydroxyl groups excluding tert-OH is 1. The second-order valence-electron chi connectivity index (χ2n) is 4.11. The first-order chi connectivity index (χ1) is 6.84. The molecule has 3 heteroatoms. The van der Waals surface area contributed by atoms with Gasteiger partial charge >= 0.3 is 0 Å². The lowest BCUT2D eigenvalue weighted by atomic mass is 10.2. The van der Waals surface area contributed by atoms with Gasteiger partial charge in [-0.3, -0.25) is 0 Å². The van der Waals surface area contributed by atoms with Crippen molar-refractivity contribution in [2.24, 2.45) is 0 Å². The van der Waals surface area contributed by atoms with Crippen LogP contribution in [0.15, 0.2) is 0 Å². The Morgan fingerprint density at radius 3 is 2.79 bits per heavy atom. The molecular weight excluding hydrogens is 194 g/mol. The van der Waals surface area contributed by atoms with Crippen molar-refractivity contribution in [2.75, 3.05) is 18.6 Å². The highest BCUT2D eigenvalue weighted by Crippen LogP contribution is 2.18. The lowest BCUT2D eigenvalue weighted by Crippen LogP contribution is -2.36. The predicted octanol–water partition coefficient (Wildman–Crippen LogP) is 2.02. The number of rotatable bonds is 7. The topological polar surface area (TPSA) is 32.3 Å². The second-order valence-corrected chi connectivity index (χ2v) is 5.10. The summed E-state index contributed by atoms with van der Waals surface area (Å²) >= 11 is 1.92. The van der Waals surface area contributed by atoms with Crippen LogP contribution in [0.1, 0.15) is 38.5 Å². The molecule has 0 aliphatic heterocycles. The normalized spacial score (nSPS) is 27.0. The minimum atomic E-state index is -0.0822. The number of hydrogen-bond acceptors (Lipinski definition) is 3. The SMILES string of the molecule is CSCCCCCN[C@H]1CCC[C@@H]1O. The summed E-state index contributed by atoms with van der Waals surface area (Å²) in [4.78, 5) is 0. The van der Waals surface area contributed by atoms with Gasteiger partial charge in [0.15, 0.2) is 0 Å². The molecular formula is C11H23NOS. The fourth-order valence-corrected chi connectivity index (χ4v) is 2.51. The maximum Gasteiger partial charge on any atom is 0.0693 e. The quantitative estimate of drug-likeness (QED) is 0.640. The first-order valence-corrected chi connectivity index (χ1v) is 7.14. The van der Waals surface area contributed by atoms with E-state index in [1.54, 1.807) is 0 Å². The Kier molecular flexibility index (Phi) is 6.65. The zero-order valence-corrected chi connectivity index (χ0v) is 9.98. The fourth-order valence-electron chi connectivity index (χ4n) is 2.01. The minimum Gasteiger partial charge on any atom is -0.392 e. The molecule has 2 N–H and O–H groups in total. The highest BCUT2D eigenvalue weighted by atomic mass is 32.2. The standard InChI is InChI=1S/C11H23NOS/c1-14-9-4-2-3-8-12-10-6-5-7-11(10)13/h10-13H,2-9H2,1H3/t10-,11-/m0/s1. The molecule has 0 unspecified atom stereocenters. The van der Waals surface area contributed by atoms with Gasteiger partial charge in [-0.1, -0.05) is 6.42 Å². The fraction of sp³-hybridized carbons (Fsp3) is 1.00. The highest BCUT2D eigenvalue weighted by molar-refractivity contribution is 7.98. The molecule has 2 nitrogen and oxygen atoms in total. The third-order valence-corrected chi connectivity index (χ3v) is 3.61. The molecule has 0 saturated heterocycles. The summed E-state index contributed by atoms with van der Waals surface area (Å²) in [6, 6.07) is 0.385. The van der Waals surface area contributed by atoms with Gasteiger partial charge in [-0.15, -0.1) is 0 Å². The van der Waals surface area contributed by atoms with Crippen LogP contribution in [0.25, 0.3) is 0 Å². The second kappa shape index (κ2) is 7.55. The van der Waals surface area contributed by atoms with Crippen molar-refractivity contribution in [3.63, 3.8) is 0 Å². The number of unbranched alkanes of at least 4 members (excludes halogenated alkanes) is 2. The summed E-state index contributed by atoms with van der Waals surface area (Å²) in [5, 5.41) is 13.0. The molecule has 1 aliphatic rings. The molecule has 0 bridgehead atoms. The van der Waals surface area contributed by atoms with Crippen LogP contribution in [0.3, 0.4) is 0 Å².